The molecule has 0 bridgehead atoms. The monoisotopic (exact) mass is 585 g/mol. The van der Waals surface area contributed by atoms with Crippen molar-refractivity contribution >= 4 is 50.4 Å². The minimum absolute atomic E-state index is 0.00252. The Labute approximate surface area is 237 Å². The maximum Gasteiger partial charge on any atom is 0.266 e. The third-order valence-electron chi connectivity index (χ3n) is 7.13. The molecule has 2 aromatic carbocycles. The van der Waals surface area contributed by atoms with Crippen molar-refractivity contribution < 1.29 is 23.0 Å². The van der Waals surface area contributed by atoms with E-state index in [0.717, 1.165) is 42.7 Å². The Kier molecular flexibility index (Phi) is 7.59. The van der Waals surface area contributed by atoms with Crippen LogP contribution < -0.4 is 10.9 Å². The highest BCUT2D eigenvalue weighted by molar-refractivity contribution is 7.21. The number of pyridine rings is 1. The fourth-order valence-electron chi connectivity index (χ4n) is 5.14. The molecule has 2 fully saturated rings. The SMILES string of the molecule is O=C(c1sc2c(ccc(=O)n2-c2ccccc2Cl)c1Nc1ccc(F)cc1F)N1CC[C@@H](OC2CCCCO2)C1. The number of rotatable bonds is 6. The van der Waals surface area contributed by atoms with Crippen molar-refractivity contribution in [1.82, 2.24) is 9.47 Å². The molecule has 1 amide bonds. The van der Waals surface area contributed by atoms with Crippen LogP contribution in [0.4, 0.5) is 20.2 Å². The largest absolute Gasteiger partial charge is 0.353 e. The number of hydrogen-bond acceptors (Lipinski definition) is 6. The quantitative estimate of drug-likeness (QED) is 0.280. The number of anilines is 2. The van der Waals surface area contributed by atoms with E-state index in [1.165, 1.54) is 16.7 Å². The first-order valence-corrected chi connectivity index (χ1v) is 14.3. The first kappa shape index (κ1) is 26.9. The van der Waals surface area contributed by atoms with E-state index in [4.69, 9.17) is 21.1 Å². The maximum atomic E-state index is 14.7. The van der Waals surface area contributed by atoms with Crippen LogP contribution in [-0.2, 0) is 9.47 Å². The number of benzene rings is 2. The molecule has 2 aromatic heterocycles. The minimum Gasteiger partial charge on any atom is -0.353 e. The number of thiophene rings is 1. The zero-order chi connectivity index (χ0) is 27.8. The van der Waals surface area contributed by atoms with Gasteiger partial charge in [-0.3, -0.25) is 14.2 Å². The van der Waals surface area contributed by atoms with Crippen molar-refractivity contribution in [2.24, 2.45) is 0 Å². The van der Waals surface area contributed by atoms with Crippen molar-refractivity contribution in [3.05, 3.63) is 86.5 Å². The van der Waals surface area contributed by atoms with Crippen molar-refractivity contribution in [3.8, 4) is 5.69 Å². The molecule has 7 nitrogen and oxygen atoms in total. The number of para-hydroxylation sites is 1. The van der Waals surface area contributed by atoms with Crippen LogP contribution in [0.2, 0.25) is 5.02 Å². The highest BCUT2D eigenvalue weighted by Gasteiger charge is 2.33. The smallest absolute Gasteiger partial charge is 0.266 e. The van der Waals surface area contributed by atoms with Gasteiger partial charge < -0.3 is 19.7 Å². The molecule has 0 radical (unpaired) electrons. The Balaban J connectivity index is 1.41. The number of nitrogens with zero attached hydrogens (tertiary/aromatic N) is 2. The van der Waals surface area contributed by atoms with Gasteiger partial charge in [-0.2, -0.15) is 0 Å². The second kappa shape index (κ2) is 11.3. The zero-order valence-corrected chi connectivity index (χ0v) is 22.9. The summed E-state index contributed by atoms with van der Waals surface area (Å²) >= 11 is 7.57. The van der Waals surface area contributed by atoms with Crippen LogP contribution in [0.25, 0.3) is 15.9 Å². The number of carbonyl (C=O) groups excluding carboxylic acids is 1. The Morgan fingerprint density at radius 1 is 1.10 bits per heavy atom. The third kappa shape index (κ3) is 5.24. The Hall–Kier alpha value is -3.31. The second-order valence-electron chi connectivity index (χ2n) is 9.83. The molecule has 6 rings (SSSR count). The van der Waals surface area contributed by atoms with Crippen LogP contribution in [0, 0.1) is 11.6 Å². The number of carbonyl (C=O) groups is 1. The fraction of sp³-hybridized carbons (Fsp3) is 0.310. The average Bonchev–Trinajstić information content (AvgIpc) is 3.56. The van der Waals surface area contributed by atoms with Crippen molar-refractivity contribution in [2.45, 2.75) is 38.1 Å². The lowest BCUT2D eigenvalue weighted by Crippen LogP contribution is -2.32. The molecule has 0 aliphatic carbocycles. The topological polar surface area (TPSA) is 72.8 Å². The van der Waals surface area contributed by atoms with E-state index < -0.39 is 11.6 Å². The van der Waals surface area contributed by atoms with Gasteiger partial charge in [0.1, 0.15) is 21.3 Å². The molecule has 40 heavy (non-hydrogen) atoms. The van der Waals surface area contributed by atoms with Crippen molar-refractivity contribution in [1.29, 1.82) is 0 Å². The summed E-state index contributed by atoms with van der Waals surface area (Å²) in [4.78, 5) is 29.5. The van der Waals surface area contributed by atoms with E-state index in [9.17, 15) is 18.4 Å². The van der Waals surface area contributed by atoms with Crippen molar-refractivity contribution in [3.63, 3.8) is 0 Å². The molecular formula is C29H26ClF2N3O4S. The molecule has 2 saturated heterocycles. The van der Waals surface area contributed by atoms with E-state index in [2.05, 4.69) is 5.32 Å². The first-order chi connectivity index (χ1) is 19.4. The number of likely N-dealkylation sites (tertiary alicyclic amines) is 1. The fourth-order valence-corrected chi connectivity index (χ4v) is 6.60. The van der Waals surface area contributed by atoms with Gasteiger partial charge in [0.2, 0.25) is 0 Å². The number of nitrogens with one attached hydrogen (secondary N) is 1. The molecule has 1 N–H and O–H groups in total. The van der Waals surface area contributed by atoms with Crippen LogP contribution >= 0.6 is 22.9 Å². The van der Waals surface area contributed by atoms with Crippen LogP contribution in [0.15, 0.2) is 59.4 Å². The number of halogens is 3. The number of hydrogen-bond donors (Lipinski definition) is 1. The average molecular weight is 586 g/mol. The van der Waals surface area contributed by atoms with Gasteiger partial charge in [0.25, 0.3) is 11.5 Å². The van der Waals surface area contributed by atoms with E-state index >= 15 is 0 Å². The van der Waals surface area contributed by atoms with Gasteiger partial charge in [-0.15, -0.1) is 11.3 Å². The second-order valence-corrected chi connectivity index (χ2v) is 11.2. The van der Waals surface area contributed by atoms with Gasteiger partial charge in [0.05, 0.1) is 28.2 Å². The van der Waals surface area contributed by atoms with Crippen LogP contribution in [0.1, 0.15) is 35.4 Å². The molecule has 4 aromatic rings. The number of aromatic nitrogens is 1. The summed E-state index contributed by atoms with van der Waals surface area (Å²) in [6.45, 7) is 1.53. The molecule has 2 aliphatic heterocycles. The van der Waals surface area contributed by atoms with Crippen LogP contribution in [0.3, 0.4) is 0 Å². The van der Waals surface area contributed by atoms with Gasteiger partial charge in [0, 0.05) is 37.2 Å². The molecule has 2 aliphatic rings. The normalized spacial score (nSPS) is 19.3. The predicted molar refractivity (Wildman–Crippen MR) is 151 cm³/mol. The van der Waals surface area contributed by atoms with Crippen LogP contribution in [0.5, 0.6) is 0 Å². The lowest BCUT2D eigenvalue weighted by atomic mass is 10.2. The van der Waals surface area contributed by atoms with Gasteiger partial charge in [-0.25, -0.2) is 8.78 Å². The molecule has 1 unspecified atom stereocenters. The Morgan fingerprint density at radius 3 is 2.73 bits per heavy atom. The third-order valence-corrected chi connectivity index (χ3v) is 8.63. The van der Waals surface area contributed by atoms with Gasteiger partial charge in [-0.05, 0) is 56.0 Å². The Bertz CT molecular complexity index is 1640. The number of amides is 1. The standard InChI is InChI=1S/C29H26ClF2N3O4S/c30-20-5-1-2-6-23(20)35-24(36)11-9-19-26(33-22-10-8-17(31)15-21(22)32)27(40-29(19)35)28(37)34-13-12-18(16-34)39-25-7-3-4-14-38-25/h1-2,5-6,8-11,15,18,25,33H,3-4,7,12-14,16H2/t18-,25?/m1/s1. The Morgan fingerprint density at radius 2 is 1.95 bits per heavy atom. The summed E-state index contributed by atoms with van der Waals surface area (Å²) < 4.78 is 41.6. The summed E-state index contributed by atoms with van der Waals surface area (Å²) in [5, 5.41) is 3.90. The van der Waals surface area contributed by atoms with Gasteiger partial charge in [-0.1, -0.05) is 23.7 Å². The first-order valence-electron chi connectivity index (χ1n) is 13.1. The molecule has 11 heteroatoms. The van der Waals surface area contributed by atoms with Crippen molar-refractivity contribution in [2.75, 3.05) is 25.0 Å². The maximum absolute atomic E-state index is 14.7. The molecule has 2 atom stereocenters. The minimum atomic E-state index is -0.806. The molecule has 208 valence electrons. The summed E-state index contributed by atoms with van der Waals surface area (Å²) in [5.74, 6) is -1.80. The highest BCUT2D eigenvalue weighted by Crippen LogP contribution is 2.40. The summed E-state index contributed by atoms with van der Waals surface area (Å²) in [6.07, 6.45) is 3.14. The lowest BCUT2D eigenvalue weighted by Gasteiger charge is -2.26. The van der Waals surface area contributed by atoms with E-state index in [-0.39, 0.29) is 29.5 Å². The van der Waals surface area contributed by atoms with E-state index in [0.29, 0.717) is 57.6 Å². The molecule has 0 spiro atoms. The number of fused-ring (bicyclic) bond motifs is 1. The van der Waals surface area contributed by atoms with E-state index in [1.54, 1.807) is 35.2 Å². The summed E-state index contributed by atoms with van der Waals surface area (Å²) in [7, 11) is 0. The summed E-state index contributed by atoms with van der Waals surface area (Å²) in [5.41, 5.74) is 0.461. The molecule has 4 heterocycles. The van der Waals surface area contributed by atoms with E-state index in [1.807, 2.05) is 0 Å². The lowest BCUT2D eigenvalue weighted by molar-refractivity contribution is -0.184. The predicted octanol–water partition coefficient (Wildman–Crippen LogP) is 6.49. The molecule has 0 saturated carbocycles. The summed E-state index contributed by atoms with van der Waals surface area (Å²) in [6, 6.07) is 13.1. The highest BCUT2D eigenvalue weighted by atomic mass is 35.5. The van der Waals surface area contributed by atoms with Gasteiger partial charge in [0.15, 0.2) is 6.29 Å². The van der Waals surface area contributed by atoms with Crippen LogP contribution in [-0.4, -0.2) is 47.5 Å². The number of ether oxygens (including phenoxy) is 2. The zero-order valence-electron chi connectivity index (χ0n) is 21.4. The van der Waals surface area contributed by atoms with Gasteiger partial charge >= 0.3 is 0 Å². The molecular weight excluding hydrogens is 560 g/mol.